The van der Waals surface area contributed by atoms with Crippen molar-refractivity contribution in [3.8, 4) is 0 Å². The van der Waals surface area contributed by atoms with Crippen LogP contribution in [0, 0.1) is 0 Å². The van der Waals surface area contributed by atoms with Crippen molar-refractivity contribution in [1.82, 2.24) is 43.1 Å². The first-order chi connectivity index (χ1) is 31.5. The predicted octanol–water partition coefficient (Wildman–Crippen LogP) is 3.60. The molecule has 7 heterocycles. The number of rotatable bonds is 19. The van der Waals surface area contributed by atoms with Crippen molar-refractivity contribution in [2.24, 2.45) is 28.2 Å². The van der Waals surface area contributed by atoms with Gasteiger partial charge in [-0.05, 0) is 48.9 Å². The molecule has 346 valence electrons. The van der Waals surface area contributed by atoms with Gasteiger partial charge in [0.25, 0.3) is 17.4 Å². The van der Waals surface area contributed by atoms with Gasteiger partial charge in [-0.3, -0.25) is 43.6 Å². The summed E-state index contributed by atoms with van der Waals surface area (Å²) in [6, 6.07) is 8.46. The minimum absolute atomic E-state index is 0.0701. The number of aryl methyl sites for hydroxylation is 4. The Morgan fingerprint density at radius 2 is 1.64 bits per heavy atom. The van der Waals surface area contributed by atoms with Crippen molar-refractivity contribution in [3.05, 3.63) is 118 Å². The maximum atomic E-state index is 13.2. The van der Waals surface area contributed by atoms with Crippen molar-refractivity contribution >= 4 is 64.1 Å². The third-order valence-corrected chi connectivity index (χ3v) is 10.5. The van der Waals surface area contributed by atoms with E-state index in [0.29, 0.717) is 53.7 Å². The largest absolute Gasteiger partial charge is 0.467 e. The summed E-state index contributed by atoms with van der Waals surface area (Å²) in [4.78, 5) is 86.4. The zero-order valence-corrected chi connectivity index (χ0v) is 37.1. The number of fused-ring (bicyclic) bond motifs is 1. The van der Waals surface area contributed by atoms with Gasteiger partial charge in [0, 0.05) is 79.8 Å². The van der Waals surface area contributed by atoms with Crippen LogP contribution in [-0.2, 0) is 52.0 Å². The highest BCUT2D eigenvalue weighted by atomic mass is 16.6. The van der Waals surface area contributed by atoms with Crippen LogP contribution in [-0.4, -0.2) is 92.1 Å². The molecule has 0 fully saturated rings. The molecule has 6 N–H and O–H groups in total. The van der Waals surface area contributed by atoms with Crippen molar-refractivity contribution in [1.29, 1.82) is 0 Å². The monoisotopic (exact) mass is 906 g/mol. The number of Topliss-reactive ketones (excluding diaryl/α,β-unsaturated/α-hetero) is 1. The Bertz CT molecular complexity index is 2940. The van der Waals surface area contributed by atoms with Gasteiger partial charge in [0.1, 0.15) is 23.9 Å². The molecule has 0 bridgehead atoms. The number of allylic oxidation sites excluding steroid dienone is 1. The minimum atomic E-state index is -1.00. The number of carbonyl (C=O) groups excluding carboxylic acids is 5. The number of aliphatic hydroxyl groups excluding tert-OH is 1. The molecule has 0 aliphatic carbocycles. The van der Waals surface area contributed by atoms with Gasteiger partial charge >= 0.3 is 11.9 Å². The fourth-order valence-corrected chi connectivity index (χ4v) is 7.35. The lowest BCUT2D eigenvalue weighted by Crippen LogP contribution is -2.25. The average Bonchev–Trinajstić information content (AvgIpc) is 4.12. The molecule has 1 aliphatic heterocycles. The number of aromatic amines is 1. The first kappa shape index (κ1) is 46.0. The maximum absolute atomic E-state index is 13.2. The third kappa shape index (κ3) is 10.7. The fourth-order valence-electron chi connectivity index (χ4n) is 7.35. The summed E-state index contributed by atoms with van der Waals surface area (Å²) in [7, 11) is 6.99. The van der Waals surface area contributed by atoms with E-state index in [2.05, 4.69) is 36.2 Å². The first-order valence-corrected chi connectivity index (χ1v) is 20.8. The second kappa shape index (κ2) is 19.8. The highest BCUT2D eigenvalue weighted by molar-refractivity contribution is 6.07. The molecule has 0 saturated heterocycles. The van der Waals surface area contributed by atoms with Gasteiger partial charge in [-0.2, -0.15) is 4.98 Å². The fraction of sp³-hybridized carbons (Fsp3) is 0.318. The number of nitrogens with one attached hydrogen (secondary N) is 5. The summed E-state index contributed by atoms with van der Waals surface area (Å²) < 4.78 is 24.5. The van der Waals surface area contributed by atoms with Gasteiger partial charge in [-0.25, -0.2) is 4.98 Å². The smallest absolute Gasteiger partial charge is 0.307 e. The molecule has 0 saturated carbocycles. The van der Waals surface area contributed by atoms with Crippen molar-refractivity contribution in [3.63, 3.8) is 0 Å². The van der Waals surface area contributed by atoms with Crippen molar-refractivity contribution in [2.75, 3.05) is 35.6 Å². The molecule has 22 heteroatoms. The van der Waals surface area contributed by atoms with Crippen LogP contribution in [0.25, 0.3) is 17.2 Å². The molecular weight excluding hydrogens is 857 g/mol. The maximum Gasteiger partial charge on any atom is 0.307 e. The molecule has 2 atom stereocenters. The number of carbonyl (C=O) groups is 5. The van der Waals surface area contributed by atoms with Crippen molar-refractivity contribution in [2.45, 2.75) is 45.6 Å². The second-order valence-corrected chi connectivity index (χ2v) is 15.6. The summed E-state index contributed by atoms with van der Waals surface area (Å²) in [6.45, 7) is 3.02. The number of esters is 2. The van der Waals surface area contributed by atoms with Gasteiger partial charge < -0.3 is 53.5 Å². The summed E-state index contributed by atoms with van der Waals surface area (Å²) in [6.07, 6.45) is 10.8. The topological polar surface area (TPSA) is 265 Å². The summed E-state index contributed by atoms with van der Waals surface area (Å²) in [5, 5.41) is 22.7. The Morgan fingerprint density at radius 1 is 0.924 bits per heavy atom. The average molecular weight is 907 g/mol. The molecule has 1 unspecified atom stereocenters. The number of hydrogen-bond acceptors (Lipinski definition) is 14. The number of aromatic nitrogens is 8. The molecular formula is C44H50N12O10. The number of imidazole rings is 1. The second-order valence-electron chi connectivity index (χ2n) is 15.6. The van der Waals surface area contributed by atoms with Gasteiger partial charge in [-0.1, -0.05) is 12.2 Å². The Labute approximate surface area is 376 Å². The number of ketones is 1. The van der Waals surface area contributed by atoms with Crippen molar-refractivity contribution < 1.29 is 43.3 Å². The number of anilines is 3. The molecule has 6 aromatic heterocycles. The third-order valence-electron chi connectivity index (χ3n) is 10.5. The molecule has 7 rings (SSSR count). The van der Waals surface area contributed by atoms with Crippen LogP contribution in [0.5, 0.6) is 0 Å². The Morgan fingerprint density at radius 3 is 2.33 bits per heavy atom. The van der Waals surface area contributed by atoms with E-state index in [-0.39, 0.29) is 59.8 Å². The number of amides is 2. The number of aliphatic hydroxyl groups is 1. The quantitative estimate of drug-likeness (QED) is 0.0294. The van der Waals surface area contributed by atoms with Gasteiger partial charge in [0.05, 0.1) is 29.2 Å². The van der Waals surface area contributed by atoms with Crippen LogP contribution in [0.15, 0.2) is 83.8 Å². The molecule has 2 amide bonds. The van der Waals surface area contributed by atoms with Crippen LogP contribution >= 0.6 is 0 Å². The SMILES string of the molecule is CC(=O)OCC1=C(OC(C)=O)C[C@H](n2cnc3c(=O)[nH]c(NCCCNC(O)c4cc(/C=C/CC(=O)c5cc(NC(=O)c6cc(NC(=O)c7cccn7C)cn6C)cn5C)cn4C)nc32)O1. The molecule has 0 spiro atoms. The minimum Gasteiger partial charge on any atom is -0.467 e. The van der Waals surface area contributed by atoms with Crippen LogP contribution in [0.3, 0.4) is 0 Å². The highest BCUT2D eigenvalue weighted by Gasteiger charge is 2.32. The van der Waals surface area contributed by atoms with Crippen LogP contribution in [0.4, 0.5) is 17.3 Å². The molecule has 66 heavy (non-hydrogen) atoms. The Balaban J connectivity index is 0.870. The zero-order valence-electron chi connectivity index (χ0n) is 37.1. The molecule has 0 aromatic carbocycles. The van der Waals surface area contributed by atoms with E-state index in [1.54, 1.807) is 108 Å². The van der Waals surface area contributed by atoms with Crippen LogP contribution in [0.2, 0.25) is 0 Å². The Hall–Kier alpha value is -7.98. The normalized spacial score (nSPS) is 14.1. The van der Waals surface area contributed by atoms with E-state index in [4.69, 9.17) is 14.2 Å². The summed E-state index contributed by atoms with van der Waals surface area (Å²) in [5.74, 6) is -1.45. The first-order valence-electron chi connectivity index (χ1n) is 20.8. The summed E-state index contributed by atoms with van der Waals surface area (Å²) in [5.41, 5.74) is 3.26. The highest BCUT2D eigenvalue weighted by Crippen LogP contribution is 2.34. The van der Waals surface area contributed by atoms with Crippen LogP contribution in [0.1, 0.15) is 88.3 Å². The van der Waals surface area contributed by atoms with Crippen LogP contribution < -0.4 is 26.8 Å². The van der Waals surface area contributed by atoms with Gasteiger partial charge in [-0.15, -0.1) is 0 Å². The van der Waals surface area contributed by atoms with E-state index in [9.17, 15) is 33.9 Å². The predicted molar refractivity (Wildman–Crippen MR) is 240 cm³/mol. The van der Waals surface area contributed by atoms with E-state index in [0.717, 1.165) is 5.56 Å². The lowest BCUT2D eigenvalue weighted by molar-refractivity contribution is -0.141. The standard InChI is InChI=1S/C44H50N12O10/c1-25(57)64-23-36-35(65-26(2)58)19-37(66-36)56-24-47-38-39(56)50-44(51-43(38)63)46-14-9-13-45-40(60)32-16-27(20-53(32)4)10-7-12-34(59)31-17-28(21-54(31)5)49-42(62)33-18-29(22-55(33)6)48-41(61)30-11-8-15-52(30)3/h7-8,10-11,15-18,20-22,24,37,40,45,60H,9,12-14,19,23H2,1-6H3,(H,48,61)(H,49,62)(H2,46,50,51,63)/b10-7+/t37-,40?/m1/s1. The zero-order chi connectivity index (χ0) is 47.2. The lowest BCUT2D eigenvalue weighted by Gasteiger charge is -2.15. The van der Waals surface area contributed by atoms with E-state index < -0.39 is 35.9 Å². The van der Waals surface area contributed by atoms with Gasteiger partial charge in [0.15, 0.2) is 41.3 Å². The summed E-state index contributed by atoms with van der Waals surface area (Å²) >= 11 is 0. The number of ether oxygens (including phenoxy) is 3. The molecule has 22 nitrogen and oxygen atoms in total. The Kier molecular flexibility index (Phi) is 13.8. The molecule has 0 radical (unpaired) electrons. The number of hydrogen-bond donors (Lipinski definition) is 6. The van der Waals surface area contributed by atoms with E-state index >= 15 is 0 Å². The lowest BCUT2D eigenvalue weighted by atomic mass is 10.2. The number of H-pyrrole nitrogens is 1. The van der Waals surface area contributed by atoms with E-state index in [1.807, 2.05) is 6.20 Å². The number of nitrogens with zero attached hydrogens (tertiary/aromatic N) is 7. The molecule has 1 aliphatic rings. The van der Waals surface area contributed by atoms with Gasteiger partial charge in [0.2, 0.25) is 5.95 Å². The molecule has 6 aromatic rings. The van der Waals surface area contributed by atoms with E-state index in [1.165, 1.54) is 24.7 Å².